The van der Waals surface area contributed by atoms with Crippen molar-refractivity contribution >= 4 is 43.5 Å². The molecule has 34 heavy (non-hydrogen) atoms. The average molecular weight is 580 g/mol. The maximum atomic E-state index is 12.9. The molecule has 0 saturated carbocycles. The van der Waals surface area contributed by atoms with Crippen molar-refractivity contribution in [3.63, 3.8) is 0 Å². The predicted octanol–water partition coefficient (Wildman–Crippen LogP) is 7.09. The van der Waals surface area contributed by atoms with E-state index in [1.165, 1.54) is 0 Å². The smallest absolute Gasteiger partial charge is 0.271 e. The van der Waals surface area contributed by atoms with Gasteiger partial charge >= 0.3 is 0 Å². The summed E-state index contributed by atoms with van der Waals surface area (Å²) in [4.78, 5) is 12.9. The van der Waals surface area contributed by atoms with Crippen molar-refractivity contribution in [1.82, 2.24) is 5.43 Å². The van der Waals surface area contributed by atoms with Crippen molar-refractivity contribution in [2.24, 2.45) is 5.10 Å². The Labute approximate surface area is 214 Å². The standard InChI is InChI=1S/C27H20Br2N2O3/c28-23-16-20(17-24(29)26(23)32)25(14-18-8-3-1-4-9-18)30-31-27(33)19-10-7-13-22(15-19)34-21-11-5-2-6-12-21/h1-13,15-17,32H,14H2,(H,31,33). The van der Waals surface area contributed by atoms with Crippen LogP contribution in [0, 0.1) is 0 Å². The molecule has 0 aliphatic heterocycles. The highest BCUT2D eigenvalue weighted by atomic mass is 79.9. The lowest BCUT2D eigenvalue weighted by Gasteiger charge is -2.11. The highest BCUT2D eigenvalue weighted by Gasteiger charge is 2.13. The molecule has 0 aliphatic carbocycles. The number of rotatable bonds is 7. The summed E-state index contributed by atoms with van der Waals surface area (Å²) >= 11 is 6.73. The minimum absolute atomic E-state index is 0.0991. The van der Waals surface area contributed by atoms with Crippen LogP contribution in [0.15, 0.2) is 111 Å². The summed E-state index contributed by atoms with van der Waals surface area (Å²) in [5.41, 5.74) is 5.51. The van der Waals surface area contributed by atoms with Crippen LogP contribution in [-0.4, -0.2) is 16.7 Å². The Morgan fingerprint density at radius 2 is 1.41 bits per heavy atom. The highest BCUT2D eigenvalue weighted by molar-refractivity contribution is 9.11. The Morgan fingerprint density at radius 3 is 2.09 bits per heavy atom. The number of phenolic OH excluding ortho intramolecular Hbond substituents is 1. The summed E-state index contributed by atoms with van der Waals surface area (Å²) < 4.78 is 6.88. The van der Waals surface area contributed by atoms with Crippen LogP contribution >= 0.6 is 31.9 Å². The molecular formula is C27H20Br2N2O3. The van der Waals surface area contributed by atoms with Gasteiger partial charge in [0, 0.05) is 17.5 Å². The number of para-hydroxylation sites is 1. The number of nitrogens with one attached hydrogen (secondary N) is 1. The molecule has 4 aromatic rings. The van der Waals surface area contributed by atoms with Gasteiger partial charge in [0.15, 0.2) is 0 Å². The van der Waals surface area contributed by atoms with E-state index in [4.69, 9.17) is 4.74 Å². The minimum Gasteiger partial charge on any atom is -0.506 e. The molecular weight excluding hydrogens is 560 g/mol. The third kappa shape index (κ3) is 6.12. The average Bonchev–Trinajstić information content (AvgIpc) is 2.86. The number of hydrogen-bond acceptors (Lipinski definition) is 4. The van der Waals surface area contributed by atoms with E-state index in [2.05, 4.69) is 42.4 Å². The number of ether oxygens (including phenoxy) is 1. The normalized spacial score (nSPS) is 11.2. The fourth-order valence-electron chi connectivity index (χ4n) is 3.24. The van der Waals surface area contributed by atoms with Gasteiger partial charge in [-0.3, -0.25) is 4.79 Å². The fourth-order valence-corrected chi connectivity index (χ4v) is 4.42. The van der Waals surface area contributed by atoms with Crippen molar-refractivity contribution < 1.29 is 14.6 Å². The molecule has 0 atom stereocenters. The van der Waals surface area contributed by atoms with Crippen molar-refractivity contribution in [3.8, 4) is 17.2 Å². The zero-order valence-electron chi connectivity index (χ0n) is 17.9. The number of carbonyl (C=O) groups excluding carboxylic acids is 1. The summed E-state index contributed by atoms with van der Waals surface area (Å²) in [5, 5.41) is 14.5. The minimum atomic E-state index is -0.360. The van der Waals surface area contributed by atoms with Gasteiger partial charge in [0.2, 0.25) is 0 Å². The molecule has 1 amide bonds. The number of hydrazone groups is 1. The number of amides is 1. The Hall–Kier alpha value is -3.42. The van der Waals surface area contributed by atoms with Crippen LogP contribution in [0.25, 0.3) is 0 Å². The lowest BCUT2D eigenvalue weighted by Crippen LogP contribution is -2.21. The second-order valence-electron chi connectivity index (χ2n) is 7.39. The first-order valence-electron chi connectivity index (χ1n) is 10.4. The molecule has 2 N–H and O–H groups in total. The molecule has 0 spiro atoms. The molecule has 0 saturated heterocycles. The van der Waals surface area contributed by atoms with Gasteiger partial charge in [-0.15, -0.1) is 0 Å². The third-order valence-electron chi connectivity index (χ3n) is 4.93. The Balaban J connectivity index is 1.58. The van der Waals surface area contributed by atoms with E-state index in [0.29, 0.717) is 38.1 Å². The maximum absolute atomic E-state index is 12.9. The molecule has 7 heteroatoms. The molecule has 0 heterocycles. The van der Waals surface area contributed by atoms with Crippen LogP contribution in [-0.2, 0) is 6.42 Å². The molecule has 4 aromatic carbocycles. The summed E-state index contributed by atoms with van der Waals surface area (Å²) in [6.45, 7) is 0. The van der Waals surface area contributed by atoms with Crippen molar-refractivity contribution in [2.45, 2.75) is 6.42 Å². The van der Waals surface area contributed by atoms with Gasteiger partial charge in [-0.25, -0.2) is 5.43 Å². The first-order chi connectivity index (χ1) is 16.5. The zero-order chi connectivity index (χ0) is 23.9. The van der Waals surface area contributed by atoms with Gasteiger partial charge in [-0.1, -0.05) is 54.6 Å². The third-order valence-corrected chi connectivity index (χ3v) is 6.14. The summed E-state index contributed by atoms with van der Waals surface area (Å²) in [6.07, 6.45) is 0.488. The zero-order valence-corrected chi connectivity index (χ0v) is 21.1. The predicted molar refractivity (Wildman–Crippen MR) is 141 cm³/mol. The molecule has 4 rings (SSSR count). The van der Waals surface area contributed by atoms with Crippen LogP contribution in [0.1, 0.15) is 21.5 Å². The van der Waals surface area contributed by atoms with Crippen molar-refractivity contribution in [3.05, 3.63) is 123 Å². The van der Waals surface area contributed by atoms with E-state index in [1.807, 2.05) is 60.7 Å². The molecule has 0 radical (unpaired) electrons. The van der Waals surface area contributed by atoms with E-state index in [-0.39, 0.29) is 11.7 Å². The van der Waals surface area contributed by atoms with Gasteiger partial charge in [0.25, 0.3) is 5.91 Å². The number of carbonyl (C=O) groups is 1. The topological polar surface area (TPSA) is 70.9 Å². The number of halogens is 2. The van der Waals surface area contributed by atoms with E-state index in [1.54, 1.807) is 36.4 Å². The van der Waals surface area contributed by atoms with E-state index >= 15 is 0 Å². The van der Waals surface area contributed by atoms with Gasteiger partial charge in [0.1, 0.15) is 17.2 Å². The van der Waals surface area contributed by atoms with Gasteiger partial charge in [-0.05, 0) is 79.9 Å². The SMILES string of the molecule is O=C(NN=C(Cc1ccccc1)c1cc(Br)c(O)c(Br)c1)c1cccc(Oc2ccccc2)c1. The maximum Gasteiger partial charge on any atom is 0.271 e. The van der Waals surface area contributed by atoms with E-state index in [9.17, 15) is 9.90 Å². The number of nitrogens with zero attached hydrogens (tertiary/aromatic N) is 1. The summed E-state index contributed by atoms with van der Waals surface area (Å²) in [5.74, 6) is 0.980. The number of aromatic hydroxyl groups is 1. The van der Waals surface area contributed by atoms with E-state index in [0.717, 1.165) is 11.1 Å². The Kier molecular flexibility index (Phi) is 7.77. The van der Waals surface area contributed by atoms with Crippen LogP contribution < -0.4 is 10.2 Å². The van der Waals surface area contributed by atoms with Crippen LogP contribution in [0.5, 0.6) is 17.2 Å². The number of benzene rings is 4. The van der Waals surface area contributed by atoms with Crippen molar-refractivity contribution in [2.75, 3.05) is 0 Å². The molecule has 0 fully saturated rings. The van der Waals surface area contributed by atoms with Crippen LogP contribution in [0.3, 0.4) is 0 Å². The monoisotopic (exact) mass is 578 g/mol. The molecule has 0 bridgehead atoms. The van der Waals surface area contributed by atoms with E-state index < -0.39 is 0 Å². The lowest BCUT2D eigenvalue weighted by molar-refractivity contribution is 0.0954. The quantitative estimate of drug-likeness (QED) is 0.181. The second kappa shape index (κ2) is 11.1. The van der Waals surface area contributed by atoms with Crippen LogP contribution in [0.2, 0.25) is 0 Å². The first-order valence-corrected chi connectivity index (χ1v) is 12.0. The van der Waals surface area contributed by atoms with Gasteiger partial charge in [-0.2, -0.15) is 5.10 Å². The van der Waals surface area contributed by atoms with Crippen molar-refractivity contribution in [1.29, 1.82) is 0 Å². The molecule has 0 aliphatic rings. The summed E-state index contributed by atoms with van der Waals surface area (Å²) in [7, 11) is 0. The molecule has 0 aromatic heterocycles. The summed E-state index contributed by atoms with van der Waals surface area (Å²) in [6, 6.07) is 29.7. The largest absolute Gasteiger partial charge is 0.506 e. The first kappa shape index (κ1) is 23.7. The lowest BCUT2D eigenvalue weighted by atomic mass is 10.0. The van der Waals surface area contributed by atoms with Gasteiger partial charge < -0.3 is 9.84 Å². The molecule has 0 unspecified atom stereocenters. The second-order valence-corrected chi connectivity index (χ2v) is 9.10. The Bertz CT molecular complexity index is 1300. The van der Waals surface area contributed by atoms with Crippen LogP contribution in [0.4, 0.5) is 0 Å². The number of hydrogen-bond donors (Lipinski definition) is 2. The number of phenols is 1. The molecule has 5 nitrogen and oxygen atoms in total. The highest BCUT2D eigenvalue weighted by Crippen LogP contribution is 2.33. The molecule has 170 valence electrons. The fraction of sp³-hybridized carbons (Fsp3) is 0.0370. The Morgan fingerprint density at radius 1 is 0.794 bits per heavy atom. The van der Waals surface area contributed by atoms with Gasteiger partial charge in [0.05, 0.1) is 14.7 Å².